The minimum absolute atomic E-state index is 0.105. The van der Waals surface area contributed by atoms with Gasteiger partial charge in [-0.3, -0.25) is 0 Å². The van der Waals surface area contributed by atoms with Gasteiger partial charge >= 0.3 is 0 Å². The number of aliphatic imine (C=N–C) groups is 2. The number of rotatable bonds is 5. The van der Waals surface area contributed by atoms with Crippen molar-refractivity contribution in [3.8, 4) is 0 Å². The van der Waals surface area contributed by atoms with Gasteiger partial charge in [0.15, 0.2) is 0 Å². The second-order valence-electron chi connectivity index (χ2n) is 2.59. The molecule has 0 aromatic carbocycles. The van der Waals surface area contributed by atoms with E-state index in [1.54, 1.807) is 0 Å². The van der Waals surface area contributed by atoms with Crippen molar-refractivity contribution in [2.75, 3.05) is 0 Å². The maximum atomic E-state index is 6.74. The predicted molar refractivity (Wildman–Crippen MR) is 53.0 cm³/mol. The Morgan fingerprint density at radius 1 is 1.31 bits per heavy atom. The second-order valence-corrected chi connectivity index (χ2v) is 2.59. The van der Waals surface area contributed by atoms with Crippen LogP contribution in [0, 0.1) is 10.8 Å². The lowest BCUT2D eigenvalue weighted by atomic mass is 10.1. The van der Waals surface area contributed by atoms with E-state index < -0.39 is 0 Å². The lowest BCUT2D eigenvalue weighted by Crippen LogP contribution is -2.18. The highest BCUT2D eigenvalue weighted by Gasteiger charge is 2.12. The Morgan fingerprint density at radius 2 is 1.92 bits per heavy atom. The van der Waals surface area contributed by atoms with Gasteiger partial charge in [0.25, 0.3) is 0 Å². The van der Waals surface area contributed by atoms with Gasteiger partial charge in [-0.1, -0.05) is 12.2 Å². The lowest BCUT2D eigenvalue weighted by molar-refractivity contribution is 0.574. The minimum atomic E-state index is -0.119. The van der Waals surface area contributed by atoms with Crippen LogP contribution in [0.4, 0.5) is 0 Å². The van der Waals surface area contributed by atoms with Gasteiger partial charge in [0.05, 0.1) is 24.1 Å². The zero-order valence-corrected chi connectivity index (χ0v) is 7.91. The molecule has 2 N–H and O–H groups in total. The zero-order chi connectivity index (χ0) is 10.1. The Hall–Kier alpha value is -1.50. The zero-order valence-electron chi connectivity index (χ0n) is 7.91. The number of allylic oxidation sites excluding steroid dienone is 1. The number of hydrogen-bond acceptors (Lipinski definition) is 4. The van der Waals surface area contributed by atoms with E-state index in [9.17, 15) is 0 Å². The SMILES string of the molecule is CC=CCC(N=C=N)C(C)N=C=N. The lowest BCUT2D eigenvalue weighted by Gasteiger charge is -2.11. The van der Waals surface area contributed by atoms with E-state index in [4.69, 9.17) is 10.8 Å². The van der Waals surface area contributed by atoms with E-state index in [1.165, 1.54) is 0 Å². The first-order chi connectivity index (χ1) is 6.26. The topological polar surface area (TPSA) is 72.4 Å². The molecule has 0 aliphatic carbocycles. The molecule has 0 saturated heterocycles. The van der Waals surface area contributed by atoms with Gasteiger partial charge in [0.1, 0.15) is 0 Å². The van der Waals surface area contributed by atoms with Crippen LogP contribution in [0.3, 0.4) is 0 Å². The summed E-state index contributed by atoms with van der Waals surface area (Å²) < 4.78 is 0. The smallest absolute Gasteiger partial charge is 0.0872 e. The summed E-state index contributed by atoms with van der Waals surface area (Å²) >= 11 is 0. The van der Waals surface area contributed by atoms with Gasteiger partial charge in [-0.2, -0.15) is 0 Å². The van der Waals surface area contributed by atoms with E-state index in [2.05, 4.69) is 9.98 Å². The first-order valence-electron chi connectivity index (χ1n) is 4.10. The van der Waals surface area contributed by atoms with Crippen molar-refractivity contribution in [2.24, 2.45) is 9.98 Å². The summed E-state index contributed by atoms with van der Waals surface area (Å²) in [4.78, 5) is 7.59. The van der Waals surface area contributed by atoms with E-state index >= 15 is 0 Å². The maximum absolute atomic E-state index is 6.74. The molecule has 4 nitrogen and oxygen atoms in total. The van der Waals surface area contributed by atoms with Crippen molar-refractivity contribution in [3.63, 3.8) is 0 Å². The molecule has 0 heterocycles. The summed E-state index contributed by atoms with van der Waals surface area (Å²) in [5.41, 5.74) is 0. The quantitative estimate of drug-likeness (QED) is 0.478. The van der Waals surface area contributed by atoms with E-state index in [0.29, 0.717) is 6.42 Å². The van der Waals surface area contributed by atoms with Crippen LogP contribution in [0.1, 0.15) is 20.3 Å². The van der Waals surface area contributed by atoms with Gasteiger partial charge in [-0.05, 0) is 20.3 Å². The highest BCUT2D eigenvalue weighted by molar-refractivity contribution is 5.38. The summed E-state index contributed by atoms with van der Waals surface area (Å²) in [6.45, 7) is 3.77. The largest absolute Gasteiger partial charge is 0.242 e. The van der Waals surface area contributed by atoms with Gasteiger partial charge in [-0.15, -0.1) is 0 Å². The predicted octanol–water partition coefficient (Wildman–Crippen LogP) is 2.22. The van der Waals surface area contributed by atoms with Crippen molar-refractivity contribution in [1.29, 1.82) is 10.8 Å². The molecular formula is C9H14N4. The summed E-state index contributed by atoms with van der Waals surface area (Å²) in [7, 11) is 0. The Morgan fingerprint density at radius 3 is 2.38 bits per heavy atom. The molecule has 0 aromatic rings. The van der Waals surface area contributed by atoms with Crippen LogP contribution >= 0.6 is 0 Å². The monoisotopic (exact) mass is 178 g/mol. The normalized spacial score (nSPS) is 14.3. The molecule has 2 unspecified atom stereocenters. The molecule has 0 saturated carbocycles. The van der Waals surface area contributed by atoms with Crippen LogP contribution < -0.4 is 0 Å². The van der Waals surface area contributed by atoms with Gasteiger partial charge in [0.2, 0.25) is 0 Å². The summed E-state index contributed by atoms with van der Waals surface area (Å²) in [5.74, 6) is 0. The molecule has 0 amide bonds. The fraction of sp³-hybridized carbons (Fsp3) is 0.556. The summed E-state index contributed by atoms with van der Waals surface area (Å²) in [6.07, 6.45) is 4.60. The average Bonchev–Trinajstić information content (AvgIpc) is 2.12. The van der Waals surface area contributed by atoms with Crippen molar-refractivity contribution < 1.29 is 0 Å². The molecule has 0 aliphatic heterocycles. The third-order valence-corrected chi connectivity index (χ3v) is 1.67. The van der Waals surface area contributed by atoms with Gasteiger partial charge in [0, 0.05) is 0 Å². The first-order valence-corrected chi connectivity index (χ1v) is 4.10. The third-order valence-electron chi connectivity index (χ3n) is 1.67. The fourth-order valence-electron chi connectivity index (χ4n) is 0.904. The van der Waals surface area contributed by atoms with Crippen LogP contribution in [0.5, 0.6) is 0 Å². The minimum Gasteiger partial charge on any atom is -0.242 e. The number of nitrogens with zero attached hydrogens (tertiary/aromatic N) is 2. The first kappa shape index (κ1) is 11.5. The van der Waals surface area contributed by atoms with E-state index in [1.807, 2.05) is 38.0 Å². The number of nitrogens with one attached hydrogen (secondary N) is 2. The Labute approximate surface area is 78.1 Å². The Balaban J connectivity index is 4.38. The standard InChI is InChI=1S/C9H14N4/c1-3-4-5-9(13-7-11)8(2)12-6-10/h3-4,8-11H,5H2,1-2H3. The molecule has 0 aliphatic rings. The van der Waals surface area contributed by atoms with Crippen LogP contribution in [0.15, 0.2) is 22.1 Å². The number of hydrogen-bond donors (Lipinski definition) is 2. The van der Waals surface area contributed by atoms with Crippen LogP contribution in [-0.4, -0.2) is 24.1 Å². The molecule has 0 radical (unpaired) electrons. The molecule has 0 fully saturated rings. The van der Waals surface area contributed by atoms with Crippen molar-refractivity contribution in [1.82, 2.24) is 0 Å². The van der Waals surface area contributed by atoms with Crippen molar-refractivity contribution in [2.45, 2.75) is 32.4 Å². The Bertz CT molecular complexity index is 257. The average molecular weight is 178 g/mol. The van der Waals surface area contributed by atoms with Crippen molar-refractivity contribution in [3.05, 3.63) is 12.2 Å². The van der Waals surface area contributed by atoms with E-state index in [0.717, 1.165) is 0 Å². The maximum Gasteiger partial charge on any atom is 0.0872 e. The molecule has 0 aromatic heterocycles. The highest BCUT2D eigenvalue weighted by atomic mass is 14.9. The van der Waals surface area contributed by atoms with E-state index in [-0.39, 0.29) is 12.1 Å². The fourth-order valence-corrected chi connectivity index (χ4v) is 0.904. The van der Waals surface area contributed by atoms with Crippen LogP contribution in [0.25, 0.3) is 0 Å². The third kappa shape index (κ3) is 4.86. The molecule has 0 spiro atoms. The van der Waals surface area contributed by atoms with Gasteiger partial charge in [-0.25, -0.2) is 20.8 Å². The highest BCUT2D eigenvalue weighted by Crippen LogP contribution is 2.07. The summed E-state index contributed by atoms with van der Waals surface area (Å²) in [6, 6.07) is 3.77. The molecule has 0 rings (SSSR count). The summed E-state index contributed by atoms with van der Waals surface area (Å²) in [5, 5.41) is 13.4. The van der Waals surface area contributed by atoms with Gasteiger partial charge < -0.3 is 0 Å². The van der Waals surface area contributed by atoms with Crippen LogP contribution in [0.2, 0.25) is 0 Å². The molecule has 13 heavy (non-hydrogen) atoms. The molecule has 2 atom stereocenters. The van der Waals surface area contributed by atoms with Crippen molar-refractivity contribution >= 4 is 12.0 Å². The molecule has 70 valence electrons. The van der Waals surface area contributed by atoms with Crippen LogP contribution in [-0.2, 0) is 0 Å². The second kappa shape index (κ2) is 7.17. The molecule has 0 bridgehead atoms. The Kier molecular flexibility index (Phi) is 6.34. The molecular weight excluding hydrogens is 164 g/mol. The molecule has 4 heteroatoms.